The van der Waals surface area contributed by atoms with Crippen molar-refractivity contribution in [1.82, 2.24) is 22.8 Å². The third-order valence-corrected chi connectivity index (χ3v) is 35.1. The van der Waals surface area contributed by atoms with Crippen molar-refractivity contribution in [2.24, 2.45) is 0 Å². The summed E-state index contributed by atoms with van der Waals surface area (Å²) in [6.07, 6.45) is 0. The number of hydrogen-bond donors (Lipinski definition) is 0. The van der Waals surface area contributed by atoms with Gasteiger partial charge in [0.15, 0.2) is 25.3 Å². The normalized spacial score (nSPS) is 13.0. The molecule has 8 heterocycles. The van der Waals surface area contributed by atoms with Gasteiger partial charge in [0.2, 0.25) is 8.07 Å². The zero-order chi connectivity index (χ0) is 77.3. The Hall–Kier alpha value is -15.2. The van der Waals surface area contributed by atoms with E-state index in [-0.39, 0.29) is 0 Å². The van der Waals surface area contributed by atoms with E-state index in [1.165, 1.54) is 113 Å². The molecule has 3 aliphatic heterocycles. The van der Waals surface area contributed by atoms with E-state index in [2.05, 4.69) is 441 Å². The van der Waals surface area contributed by atoms with Gasteiger partial charge in [0.1, 0.15) is 17.2 Å². The Kier molecular flexibility index (Phi) is 14.4. The maximum Gasteiger partial charge on any atom is 0.207 e. The second kappa shape index (κ2) is 25.7. The smallest absolute Gasteiger partial charge is 0.207 e. The molecule has 0 spiro atoms. The highest BCUT2D eigenvalue weighted by molar-refractivity contribution is 7.23. The molecule has 3 aliphatic rings. The summed E-state index contributed by atoms with van der Waals surface area (Å²) in [5, 5.41) is 22.2. The first-order chi connectivity index (χ1) is 58.6. The van der Waals surface area contributed by atoms with Gasteiger partial charge in [-0.1, -0.05) is 297 Å². The number of hydrogen-bond acceptors (Lipinski definition) is 3. The molecule has 0 radical (unpaired) electrons. The third kappa shape index (κ3) is 9.23. The second-order valence-electron chi connectivity index (χ2n) is 31.2. The van der Waals surface area contributed by atoms with Gasteiger partial charge in [-0.2, -0.15) is 0 Å². The lowest BCUT2D eigenvalue weighted by Crippen LogP contribution is -2.79. The largest absolute Gasteiger partial charge is 0.455 e. The molecule has 23 aromatic rings. The summed E-state index contributed by atoms with van der Waals surface area (Å²) in [4.78, 5) is 0. The van der Waals surface area contributed by atoms with Crippen molar-refractivity contribution >= 4 is 167 Å². The molecule has 18 aromatic carbocycles. The molecule has 0 fully saturated rings. The number of aromatic nitrogens is 5. The average molecular weight is 1540 g/mol. The predicted octanol–water partition coefficient (Wildman–Crippen LogP) is 21.9. The molecule has 8 nitrogen and oxygen atoms in total. The molecular weight excluding hydrogens is 1470 g/mol. The Balaban J connectivity index is 0.000000137. The second-order valence-corrected chi connectivity index (χ2v) is 38.6. The number of para-hydroxylation sites is 10. The van der Waals surface area contributed by atoms with Gasteiger partial charge < -0.3 is 37.0 Å². The van der Waals surface area contributed by atoms with Crippen LogP contribution in [0.5, 0.6) is 34.5 Å². The fourth-order valence-corrected chi connectivity index (χ4v) is 30.8. The topological polar surface area (TPSA) is 52.3 Å². The molecule has 0 unspecified atom stereocenters. The van der Waals surface area contributed by atoms with Crippen LogP contribution >= 0.6 is 0 Å². The van der Waals surface area contributed by atoms with Gasteiger partial charge in [-0.05, 0) is 147 Å². The minimum Gasteiger partial charge on any atom is -0.455 e. The first-order valence-electron chi connectivity index (χ1n) is 40.5. The summed E-state index contributed by atoms with van der Waals surface area (Å²) in [6.45, 7) is 0. The number of fused-ring (bicyclic) bond motifs is 15. The van der Waals surface area contributed by atoms with Crippen molar-refractivity contribution in [3.63, 3.8) is 0 Å². The van der Waals surface area contributed by atoms with Crippen LogP contribution in [0.25, 0.3) is 137 Å². The van der Waals surface area contributed by atoms with E-state index in [4.69, 9.17) is 14.2 Å². The van der Waals surface area contributed by atoms with Crippen LogP contribution in [-0.2, 0) is 0 Å². The maximum absolute atomic E-state index is 7.55. The molecule has 118 heavy (non-hydrogen) atoms. The monoisotopic (exact) mass is 1540 g/mol. The van der Waals surface area contributed by atoms with E-state index < -0.39 is 16.1 Å². The molecule has 552 valence electrons. The van der Waals surface area contributed by atoms with Gasteiger partial charge in [-0.15, -0.1) is 0 Å². The molecule has 0 bridgehead atoms. The van der Waals surface area contributed by atoms with Crippen molar-refractivity contribution < 1.29 is 14.2 Å². The quantitative estimate of drug-likeness (QED) is 0.101. The summed E-state index contributed by atoms with van der Waals surface area (Å²) < 4.78 is 34.6. The van der Waals surface area contributed by atoms with E-state index in [0.29, 0.717) is 0 Å². The van der Waals surface area contributed by atoms with Crippen molar-refractivity contribution in [1.29, 1.82) is 0 Å². The van der Waals surface area contributed by atoms with Gasteiger partial charge in [0.05, 0.1) is 72.2 Å². The highest BCUT2D eigenvalue weighted by Gasteiger charge is 2.61. The van der Waals surface area contributed by atoms with Crippen LogP contribution in [0.1, 0.15) is 0 Å². The van der Waals surface area contributed by atoms with E-state index in [0.717, 1.165) is 100 Å². The van der Waals surface area contributed by atoms with Crippen LogP contribution < -0.4 is 55.7 Å². The summed E-state index contributed by atoms with van der Waals surface area (Å²) in [5.41, 5.74) is 16.8. The molecule has 0 atom stereocenters. The van der Waals surface area contributed by atoms with Gasteiger partial charge in [0.25, 0.3) is 0 Å². The number of ether oxygens (including phenoxy) is 3. The summed E-state index contributed by atoms with van der Waals surface area (Å²) in [7, 11) is -6.23. The maximum atomic E-state index is 7.55. The van der Waals surface area contributed by atoms with Crippen molar-refractivity contribution in [2.45, 2.75) is 0 Å². The van der Waals surface area contributed by atoms with Crippen LogP contribution in [0.15, 0.2) is 419 Å². The van der Waals surface area contributed by atoms with Crippen molar-refractivity contribution in [3.8, 4) is 62.9 Å². The Bertz CT molecular complexity index is 7220. The van der Waals surface area contributed by atoms with E-state index in [9.17, 15) is 0 Å². The molecule has 10 heteroatoms. The minimum atomic E-state index is -3.48. The standard InChI is InChI=1S/C60H35N3O3Si.C48H34N2Si/c1-2-16-36(17-3-1)67-58-52-33-30-49(61-43-24-10-4-18-37(43)38-19-5-11-25-44(38)61)55(58)64-53-34-31-50(62-45-26-12-6-20-39(45)40-21-7-13-27-46(40)62)56(59(53)67)66-54-35-32-51(57(65-52)60(54)67)63-47-28-14-8-22-41(47)42-23-9-15-29-48(42)63;1-3-15-37(16-4-1)51(38-17-5-2-6-18-38,39-31-27-35(28-32-39)49-45-23-11-7-19-41(45)42-20-8-12-24-46(42)49)40-33-29-36(30-34-40)50-47-25-13-9-21-43(47)44-22-10-14-26-48(44)50/h1-35H;1-34H. The van der Waals surface area contributed by atoms with Crippen LogP contribution in [0.4, 0.5) is 0 Å². The first kappa shape index (κ1) is 66.3. The average Bonchev–Trinajstić information content (AvgIpc) is 0.705. The third-order valence-electron chi connectivity index (χ3n) is 25.4. The molecule has 26 rings (SSSR count). The highest BCUT2D eigenvalue weighted by Crippen LogP contribution is 2.53. The SMILES string of the molecule is c1ccc([Si](c2ccccc2)(c2ccc(-n3c4ccccc4c4ccccc43)cc2)c2ccc(-n3c4ccccc4c4ccccc43)cc2)cc1.c1ccc([Si]23c4c5ccc(-n6c7ccccc7c7ccccc76)c4Oc4ccc(-n6c7ccccc7c7ccccc76)c(c42)Oc2ccc(-n4c6ccccc6c6ccccc64)c(c23)O5)cc1. The fourth-order valence-electron chi connectivity index (χ4n) is 20.7. The van der Waals surface area contributed by atoms with Gasteiger partial charge in [0, 0.05) is 80.8 Å². The first-order valence-corrected chi connectivity index (χ1v) is 44.5. The zero-order valence-electron chi connectivity index (χ0n) is 63.8. The fraction of sp³-hybridized carbons (Fsp3) is 0. The lowest BCUT2D eigenvalue weighted by molar-refractivity contribution is 0.439. The lowest BCUT2D eigenvalue weighted by atomic mass is 10.2. The number of rotatable bonds is 10. The summed E-state index contributed by atoms with van der Waals surface area (Å²) in [6, 6.07) is 153. The zero-order valence-corrected chi connectivity index (χ0v) is 65.8. The van der Waals surface area contributed by atoms with Crippen LogP contribution in [0, 0.1) is 0 Å². The Morgan fingerprint density at radius 3 is 0.627 bits per heavy atom. The lowest BCUT2D eigenvalue weighted by Gasteiger charge is -2.47. The van der Waals surface area contributed by atoms with Crippen molar-refractivity contribution in [2.75, 3.05) is 0 Å². The highest BCUT2D eigenvalue weighted by atomic mass is 28.3. The van der Waals surface area contributed by atoms with Crippen LogP contribution in [0.3, 0.4) is 0 Å². The molecule has 0 saturated heterocycles. The van der Waals surface area contributed by atoms with E-state index in [1.807, 2.05) is 0 Å². The molecule has 0 saturated carbocycles. The number of benzene rings is 18. The van der Waals surface area contributed by atoms with E-state index >= 15 is 0 Å². The minimum absolute atomic E-state index is 0.794. The summed E-state index contributed by atoms with van der Waals surface area (Å²) >= 11 is 0. The van der Waals surface area contributed by atoms with Crippen LogP contribution in [0.2, 0.25) is 0 Å². The molecular formula is C108H69N5O3Si2. The van der Waals surface area contributed by atoms with Crippen LogP contribution in [-0.4, -0.2) is 39.0 Å². The van der Waals surface area contributed by atoms with Gasteiger partial charge >= 0.3 is 0 Å². The number of nitrogens with zero attached hydrogens (tertiary/aromatic N) is 5. The Morgan fingerprint density at radius 2 is 0.381 bits per heavy atom. The van der Waals surface area contributed by atoms with Gasteiger partial charge in [-0.3, -0.25) is 0 Å². The Labute approximate surface area is 680 Å². The predicted molar refractivity (Wildman–Crippen MR) is 492 cm³/mol. The van der Waals surface area contributed by atoms with E-state index in [1.54, 1.807) is 0 Å². The molecule has 0 aliphatic carbocycles. The summed E-state index contributed by atoms with van der Waals surface area (Å²) in [5.74, 6) is 4.81. The Morgan fingerprint density at radius 1 is 0.178 bits per heavy atom. The molecule has 0 N–H and O–H groups in total. The van der Waals surface area contributed by atoms with Gasteiger partial charge in [-0.25, -0.2) is 0 Å². The molecule has 5 aromatic heterocycles. The molecule has 0 amide bonds. The van der Waals surface area contributed by atoms with Crippen molar-refractivity contribution in [3.05, 3.63) is 419 Å².